The van der Waals surface area contributed by atoms with Crippen LogP contribution in [-0.2, 0) is 0 Å². The first-order valence-corrected chi connectivity index (χ1v) is 8.77. The van der Waals surface area contributed by atoms with Crippen molar-refractivity contribution in [3.05, 3.63) is 18.2 Å². The highest BCUT2D eigenvalue weighted by Crippen LogP contribution is 2.42. The average molecular weight is 324 g/mol. The average Bonchev–Trinajstić information content (AvgIpc) is 3.21. The van der Waals surface area contributed by atoms with Crippen LogP contribution >= 0.6 is 0 Å². The number of rotatable bonds is 3. The molecule has 0 saturated heterocycles. The summed E-state index contributed by atoms with van der Waals surface area (Å²) in [5.74, 6) is 1.92. The molecule has 124 valence electrons. The van der Waals surface area contributed by atoms with Crippen molar-refractivity contribution >= 4 is 16.9 Å². The maximum Gasteiger partial charge on any atom is 0.164 e. The normalized spacial score (nSPS) is 19.2. The number of nitrogens with two attached hydrogens (primary N) is 1. The fourth-order valence-electron chi connectivity index (χ4n) is 3.72. The summed E-state index contributed by atoms with van der Waals surface area (Å²) < 4.78 is 7.54. The largest absolute Gasteiger partial charge is 0.383 e. The van der Waals surface area contributed by atoms with Gasteiger partial charge in [0, 0.05) is 12.0 Å². The summed E-state index contributed by atoms with van der Waals surface area (Å²) in [5.41, 5.74) is 8.43. The summed E-state index contributed by atoms with van der Waals surface area (Å²) in [4.78, 5) is 8.63. The van der Waals surface area contributed by atoms with E-state index in [1.54, 1.807) is 0 Å². The highest BCUT2D eigenvalue weighted by atomic mass is 16.5. The lowest BCUT2D eigenvalue weighted by molar-refractivity contribution is 0.336. The molecule has 0 amide bonds. The molecular weight excluding hydrogens is 304 g/mol. The van der Waals surface area contributed by atoms with E-state index in [0.717, 1.165) is 41.0 Å². The molecule has 0 radical (unpaired) electrons. The smallest absolute Gasteiger partial charge is 0.164 e. The Bertz CT molecular complexity index is 888. The molecule has 3 heterocycles. The second-order valence-electron chi connectivity index (χ2n) is 6.93. The lowest BCUT2D eigenvalue weighted by Crippen LogP contribution is -2.14. The first kappa shape index (κ1) is 13.9. The molecule has 24 heavy (non-hydrogen) atoms. The molecule has 2 fully saturated rings. The third kappa shape index (κ3) is 2.18. The minimum atomic E-state index is 0.374. The summed E-state index contributed by atoms with van der Waals surface area (Å²) in [5, 5.41) is 9.87. The van der Waals surface area contributed by atoms with Crippen molar-refractivity contribution < 1.29 is 4.52 Å². The van der Waals surface area contributed by atoms with Gasteiger partial charge in [0.25, 0.3) is 0 Å². The lowest BCUT2D eigenvalue weighted by Gasteiger charge is -2.22. The highest BCUT2D eigenvalue weighted by molar-refractivity contribution is 5.97. The van der Waals surface area contributed by atoms with E-state index in [0.29, 0.717) is 17.8 Å². The van der Waals surface area contributed by atoms with Crippen molar-refractivity contribution in [3.63, 3.8) is 0 Å². The topological polar surface area (TPSA) is 95.7 Å². The van der Waals surface area contributed by atoms with Crippen molar-refractivity contribution in [2.24, 2.45) is 0 Å². The highest BCUT2D eigenvalue weighted by Gasteiger charge is 2.30. The molecule has 2 saturated carbocycles. The Morgan fingerprint density at radius 2 is 1.92 bits per heavy atom. The predicted octanol–water partition coefficient (Wildman–Crippen LogP) is 3.45. The third-order valence-electron chi connectivity index (χ3n) is 5.19. The first-order chi connectivity index (χ1) is 11.8. The maximum absolute atomic E-state index is 6.15. The van der Waals surface area contributed by atoms with E-state index in [1.807, 2.05) is 10.7 Å². The number of fused-ring (bicyclic) bond motifs is 1. The van der Waals surface area contributed by atoms with E-state index in [-0.39, 0.29) is 0 Å². The fourth-order valence-corrected chi connectivity index (χ4v) is 3.72. The number of hydrogen-bond acceptors (Lipinski definition) is 6. The van der Waals surface area contributed by atoms with Crippen LogP contribution in [0.5, 0.6) is 0 Å². The van der Waals surface area contributed by atoms with Gasteiger partial charge < -0.3 is 10.3 Å². The molecule has 0 bridgehead atoms. The van der Waals surface area contributed by atoms with Crippen LogP contribution in [0.4, 0.5) is 5.82 Å². The Morgan fingerprint density at radius 1 is 1.08 bits per heavy atom. The molecule has 0 spiro atoms. The quantitative estimate of drug-likeness (QED) is 0.792. The summed E-state index contributed by atoms with van der Waals surface area (Å²) >= 11 is 0. The van der Waals surface area contributed by atoms with Gasteiger partial charge in [0.15, 0.2) is 5.65 Å². The van der Waals surface area contributed by atoms with Crippen molar-refractivity contribution in [2.75, 3.05) is 5.73 Å². The second-order valence-corrected chi connectivity index (χ2v) is 6.93. The zero-order valence-corrected chi connectivity index (χ0v) is 13.5. The van der Waals surface area contributed by atoms with Crippen molar-refractivity contribution in [1.82, 2.24) is 24.9 Å². The van der Waals surface area contributed by atoms with Crippen LogP contribution in [0.3, 0.4) is 0 Å². The van der Waals surface area contributed by atoms with Gasteiger partial charge in [-0.25, -0.2) is 14.6 Å². The molecule has 3 aromatic heterocycles. The van der Waals surface area contributed by atoms with Gasteiger partial charge in [0.2, 0.25) is 0 Å². The molecule has 5 rings (SSSR count). The van der Waals surface area contributed by atoms with Gasteiger partial charge in [-0.1, -0.05) is 24.4 Å². The van der Waals surface area contributed by atoms with Crippen LogP contribution < -0.4 is 5.73 Å². The lowest BCUT2D eigenvalue weighted by atomic mass is 9.96. The van der Waals surface area contributed by atoms with Crippen LogP contribution in [0.1, 0.15) is 62.7 Å². The van der Waals surface area contributed by atoms with Gasteiger partial charge in [-0.3, -0.25) is 0 Å². The number of nitrogens with zero attached hydrogens (tertiary/aromatic N) is 5. The molecule has 0 unspecified atom stereocenters. The number of hydrogen-bond donors (Lipinski definition) is 1. The first-order valence-electron chi connectivity index (χ1n) is 8.77. The second kappa shape index (κ2) is 5.29. The molecular formula is C17H20N6O. The van der Waals surface area contributed by atoms with Crippen LogP contribution in [0.15, 0.2) is 16.9 Å². The van der Waals surface area contributed by atoms with Crippen molar-refractivity contribution in [1.29, 1.82) is 0 Å². The monoisotopic (exact) mass is 324 g/mol. The Balaban J connectivity index is 1.66. The van der Waals surface area contributed by atoms with Gasteiger partial charge in [-0.05, 0) is 25.7 Å². The zero-order valence-electron chi connectivity index (χ0n) is 13.5. The van der Waals surface area contributed by atoms with Crippen LogP contribution in [0.25, 0.3) is 22.4 Å². The van der Waals surface area contributed by atoms with E-state index in [2.05, 4.69) is 15.1 Å². The van der Waals surface area contributed by atoms with Gasteiger partial charge >= 0.3 is 0 Å². The SMILES string of the molecule is Nc1ncnc2c1c(-c1cc(C3CC3)on1)nn2C1CCCCC1. The van der Waals surface area contributed by atoms with E-state index < -0.39 is 0 Å². The number of nitrogen functional groups attached to an aromatic ring is 1. The van der Waals surface area contributed by atoms with Crippen LogP contribution in [-0.4, -0.2) is 24.9 Å². The van der Waals surface area contributed by atoms with Crippen LogP contribution in [0, 0.1) is 0 Å². The summed E-state index contributed by atoms with van der Waals surface area (Å²) in [7, 11) is 0. The molecule has 0 aliphatic heterocycles. The third-order valence-corrected chi connectivity index (χ3v) is 5.19. The molecule has 2 aliphatic carbocycles. The predicted molar refractivity (Wildman–Crippen MR) is 89.3 cm³/mol. The van der Waals surface area contributed by atoms with Gasteiger partial charge in [-0.15, -0.1) is 0 Å². The summed E-state index contributed by atoms with van der Waals surface area (Å²) in [6.07, 6.45) is 9.90. The Labute approximate surface area is 139 Å². The molecule has 2 aliphatic rings. The molecule has 7 heteroatoms. The summed E-state index contributed by atoms with van der Waals surface area (Å²) in [6, 6.07) is 2.37. The van der Waals surface area contributed by atoms with Gasteiger partial charge in [0.1, 0.15) is 29.3 Å². The van der Waals surface area contributed by atoms with E-state index in [1.165, 1.54) is 38.4 Å². The number of aromatic nitrogens is 5. The van der Waals surface area contributed by atoms with Crippen molar-refractivity contribution in [3.8, 4) is 11.4 Å². The molecule has 2 N–H and O–H groups in total. The standard InChI is InChI=1S/C17H20N6O/c18-16-14-15(12-8-13(24-22-12)10-6-7-10)21-23(17(14)20-9-19-16)11-4-2-1-3-5-11/h8-11H,1-7H2,(H2,18,19,20). The number of anilines is 1. The molecule has 7 nitrogen and oxygen atoms in total. The van der Waals surface area contributed by atoms with E-state index in [4.69, 9.17) is 15.4 Å². The Hall–Kier alpha value is -2.44. The molecule has 0 aromatic carbocycles. The fraction of sp³-hybridized carbons (Fsp3) is 0.529. The summed E-state index contributed by atoms with van der Waals surface area (Å²) in [6.45, 7) is 0. The van der Waals surface area contributed by atoms with Gasteiger partial charge in [0.05, 0.1) is 11.4 Å². The van der Waals surface area contributed by atoms with E-state index in [9.17, 15) is 0 Å². The van der Waals surface area contributed by atoms with E-state index >= 15 is 0 Å². The molecule has 3 aromatic rings. The van der Waals surface area contributed by atoms with Gasteiger partial charge in [-0.2, -0.15) is 5.10 Å². The zero-order chi connectivity index (χ0) is 16.1. The molecule has 0 atom stereocenters. The van der Waals surface area contributed by atoms with Crippen molar-refractivity contribution in [2.45, 2.75) is 56.9 Å². The minimum absolute atomic E-state index is 0.374. The maximum atomic E-state index is 6.15. The van der Waals surface area contributed by atoms with Crippen LogP contribution in [0.2, 0.25) is 0 Å². The Kier molecular flexibility index (Phi) is 3.08. The minimum Gasteiger partial charge on any atom is -0.383 e. The Morgan fingerprint density at radius 3 is 2.71 bits per heavy atom.